The Labute approximate surface area is 125 Å². The zero-order chi connectivity index (χ0) is 14.1. The van der Waals surface area contributed by atoms with Crippen LogP contribution in [0.2, 0.25) is 5.02 Å². The number of carbonyl (C=O) groups excluding carboxylic acids is 1. The Morgan fingerprint density at radius 1 is 1.15 bits per heavy atom. The fourth-order valence-electron chi connectivity index (χ4n) is 1.97. The van der Waals surface area contributed by atoms with Crippen molar-refractivity contribution >= 4 is 50.3 Å². The van der Waals surface area contributed by atoms with Crippen LogP contribution in [-0.2, 0) is 0 Å². The molecule has 0 saturated heterocycles. The van der Waals surface area contributed by atoms with Crippen LogP contribution in [-0.4, -0.2) is 5.91 Å². The zero-order valence-electron chi connectivity index (χ0n) is 10.4. The van der Waals surface area contributed by atoms with E-state index in [4.69, 9.17) is 17.3 Å². The second-order valence-corrected chi connectivity index (χ2v) is 5.74. The fraction of sp³-hybridized carbons (Fsp3) is 0. The SMILES string of the molecule is Nc1ccc(Cl)cc1C(=O)Nc1ccc2sccc2c1. The predicted molar refractivity (Wildman–Crippen MR) is 85.6 cm³/mol. The number of rotatable bonds is 2. The molecule has 0 unspecified atom stereocenters. The maximum Gasteiger partial charge on any atom is 0.257 e. The standard InChI is InChI=1S/C15H11ClN2OS/c16-10-1-3-13(17)12(8-10)15(19)18-11-2-4-14-9(7-11)5-6-20-14/h1-8H,17H2,(H,18,19). The topological polar surface area (TPSA) is 55.1 Å². The van der Waals surface area contributed by atoms with Crippen LogP contribution in [0.1, 0.15) is 10.4 Å². The van der Waals surface area contributed by atoms with Crippen LogP contribution in [0.4, 0.5) is 11.4 Å². The first-order valence-corrected chi connectivity index (χ1v) is 7.23. The van der Waals surface area contributed by atoms with Crippen molar-refractivity contribution in [3.05, 3.63) is 58.4 Å². The van der Waals surface area contributed by atoms with Crippen molar-refractivity contribution in [1.29, 1.82) is 0 Å². The van der Waals surface area contributed by atoms with Gasteiger partial charge in [0.05, 0.1) is 5.56 Å². The number of anilines is 2. The molecule has 3 N–H and O–H groups in total. The van der Waals surface area contributed by atoms with E-state index < -0.39 is 0 Å². The van der Waals surface area contributed by atoms with Crippen LogP contribution >= 0.6 is 22.9 Å². The minimum absolute atomic E-state index is 0.264. The number of fused-ring (bicyclic) bond motifs is 1. The summed E-state index contributed by atoms with van der Waals surface area (Å²) < 4.78 is 1.19. The first kappa shape index (κ1) is 13.0. The molecule has 0 aliphatic rings. The second-order valence-electron chi connectivity index (χ2n) is 4.36. The lowest BCUT2D eigenvalue weighted by molar-refractivity contribution is 0.102. The quantitative estimate of drug-likeness (QED) is 0.690. The van der Waals surface area contributed by atoms with Crippen molar-refractivity contribution < 1.29 is 4.79 Å². The van der Waals surface area contributed by atoms with E-state index in [2.05, 4.69) is 5.32 Å². The van der Waals surface area contributed by atoms with Gasteiger partial charge < -0.3 is 11.1 Å². The smallest absolute Gasteiger partial charge is 0.257 e. The van der Waals surface area contributed by atoms with Crippen molar-refractivity contribution in [3.8, 4) is 0 Å². The Balaban J connectivity index is 1.89. The molecule has 3 rings (SSSR count). The van der Waals surface area contributed by atoms with Crippen LogP contribution in [0.5, 0.6) is 0 Å². The van der Waals surface area contributed by atoms with Crippen molar-refractivity contribution in [3.63, 3.8) is 0 Å². The van der Waals surface area contributed by atoms with Gasteiger partial charge in [0, 0.05) is 21.1 Å². The molecule has 0 atom stereocenters. The summed E-state index contributed by atoms with van der Waals surface area (Å²) in [5, 5.41) is 6.44. The van der Waals surface area contributed by atoms with Crippen LogP contribution < -0.4 is 11.1 Å². The molecule has 3 aromatic rings. The number of benzene rings is 2. The van der Waals surface area contributed by atoms with Gasteiger partial charge in [-0.15, -0.1) is 11.3 Å². The first-order chi connectivity index (χ1) is 9.63. The number of hydrogen-bond acceptors (Lipinski definition) is 3. The normalized spacial score (nSPS) is 10.7. The molecule has 1 amide bonds. The van der Waals surface area contributed by atoms with Crippen molar-refractivity contribution in [2.75, 3.05) is 11.1 Å². The van der Waals surface area contributed by atoms with Crippen molar-refractivity contribution in [2.45, 2.75) is 0 Å². The molecule has 0 radical (unpaired) electrons. The Hall–Kier alpha value is -2.04. The van der Waals surface area contributed by atoms with Gasteiger partial charge in [-0.2, -0.15) is 0 Å². The minimum Gasteiger partial charge on any atom is -0.398 e. The highest BCUT2D eigenvalue weighted by atomic mass is 35.5. The lowest BCUT2D eigenvalue weighted by atomic mass is 10.1. The Bertz CT molecular complexity index is 797. The largest absolute Gasteiger partial charge is 0.398 e. The van der Waals surface area contributed by atoms with E-state index in [1.807, 2.05) is 29.6 Å². The number of carbonyl (C=O) groups is 1. The monoisotopic (exact) mass is 302 g/mol. The summed E-state index contributed by atoms with van der Waals surface area (Å²) >= 11 is 7.56. The van der Waals surface area contributed by atoms with Gasteiger partial charge >= 0.3 is 0 Å². The van der Waals surface area contributed by atoms with Gasteiger partial charge in [-0.05, 0) is 53.2 Å². The summed E-state index contributed by atoms with van der Waals surface area (Å²) in [5.74, 6) is -0.264. The molecular formula is C15H11ClN2OS. The van der Waals surface area contributed by atoms with Crippen LogP contribution in [0, 0.1) is 0 Å². The van der Waals surface area contributed by atoms with E-state index in [0.29, 0.717) is 16.3 Å². The molecule has 3 nitrogen and oxygen atoms in total. The van der Waals surface area contributed by atoms with Gasteiger partial charge in [-0.3, -0.25) is 4.79 Å². The van der Waals surface area contributed by atoms with Gasteiger partial charge in [0.2, 0.25) is 0 Å². The molecule has 0 saturated carbocycles. The molecule has 20 heavy (non-hydrogen) atoms. The fourth-order valence-corrected chi connectivity index (χ4v) is 2.91. The highest BCUT2D eigenvalue weighted by Crippen LogP contribution is 2.25. The van der Waals surface area contributed by atoms with Gasteiger partial charge in [-0.1, -0.05) is 11.6 Å². The molecule has 100 valence electrons. The molecule has 1 heterocycles. The zero-order valence-corrected chi connectivity index (χ0v) is 12.0. The van der Waals surface area contributed by atoms with Gasteiger partial charge in [0.1, 0.15) is 0 Å². The third-order valence-corrected chi connectivity index (χ3v) is 4.10. The molecule has 0 aliphatic carbocycles. The first-order valence-electron chi connectivity index (χ1n) is 5.97. The number of amides is 1. The predicted octanol–water partition coefficient (Wildman–Crippen LogP) is 4.39. The summed E-state index contributed by atoms with van der Waals surface area (Å²) in [7, 11) is 0. The lowest BCUT2D eigenvalue weighted by Crippen LogP contribution is -2.13. The molecule has 5 heteroatoms. The lowest BCUT2D eigenvalue weighted by Gasteiger charge is -2.08. The number of halogens is 1. The third kappa shape index (κ3) is 2.48. The number of nitrogens with one attached hydrogen (secondary N) is 1. The minimum atomic E-state index is -0.264. The van der Waals surface area contributed by atoms with Gasteiger partial charge in [0.25, 0.3) is 5.91 Å². The van der Waals surface area contributed by atoms with E-state index in [0.717, 1.165) is 11.1 Å². The summed E-state index contributed by atoms with van der Waals surface area (Å²) in [6.45, 7) is 0. The average molecular weight is 303 g/mol. The Morgan fingerprint density at radius 3 is 2.85 bits per heavy atom. The molecule has 0 fully saturated rings. The van der Waals surface area contributed by atoms with E-state index in [1.54, 1.807) is 29.5 Å². The van der Waals surface area contributed by atoms with Crippen LogP contribution in [0.3, 0.4) is 0 Å². The average Bonchev–Trinajstić information content (AvgIpc) is 2.89. The number of nitrogen functional groups attached to an aromatic ring is 1. The summed E-state index contributed by atoms with van der Waals surface area (Å²) in [6, 6.07) is 12.7. The summed E-state index contributed by atoms with van der Waals surface area (Å²) in [4.78, 5) is 12.2. The highest BCUT2D eigenvalue weighted by Gasteiger charge is 2.11. The summed E-state index contributed by atoms with van der Waals surface area (Å²) in [6.07, 6.45) is 0. The summed E-state index contributed by atoms with van der Waals surface area (Å²) in [5.41, 5.74) is 7.32. The number of thiophene rings is 1. The van der Waals surface area contributed by atoms with Gasteiger partial charge in [0.15, 0.2) is 0 Å². The second kappa shape index (κ2) is 5.15. The maximum atomic E-state index is 12.2. The highest BCUT2D eigenvalue weighted by molar-refractivity contribution is 7.17. The Morgan fingerprint density at radius 2 is 2.00 bits per heavy atom. The van der Waals surface area contributed by atoms with E-state index in [9.17, 15) is 4.79 Å². The maximum absolute atomic E-state index is 12.2. The molecule has 0 spiro atoms. The molecule has 2 aromatic carbocycles. The molecular weight excluding hydrogens is 292 g/mol. The molecule has 1 aromatic heterocycles. The van der Waals surface area contributed by atoms with E-state index in [-0.39, 0.29) is 5.91 Å². The van der Waals surface area contributed by atoms with E-state index >= 15 is 0 Å². The van der Waals surface area contributed by atoms with E-state index in [1.165, 1.54) is 4.70 Å². The molecule has 0 bridgehead atoms. The number of hydrogen-bond donors (Lipinski definition) is 2. The van der Waals surface area contributed by atoms with Crippen LogP contribution in [0.15, 0.2) is 47.8 Å². The van der Waals surface area contributed by atoms with Gasteiger partial charge in [-0.25, -0.2) is 0 Å². The Kier molecular flexibility index (Phi) is 3.34. The number of nitrogens with two attached hydrogens (primary N) is 1. The van der Waals surface area contributed by atoms with Crippen molar-refractivity contribution in [2.24, 2.45) is 0 Å². The van der Waals surface area contributed by atoms with Crippen molar-refractivity contribution in [1.82, 2.24) is 0 Å². The van der Waals surface area contributed by atoms with Crippen LogP contribution in [0.25, 0.3) is 10.1 Å². The third-order valence-electron chi connectivity index (χ3n) is 2.97. The molecule has 0 aliphatic heterocycles.